The van der Waals surface area contributed by atoms with Crippen LogP contribution in [0, 0.1) is 0 Å². The average Bonchev–Trinajstić information content (AvgIpc) is 3.87. The molecular weight excluding hydrogens is 675 g/mol. The molecule has 0 saturated heterocycles. The Morgan fingerprint density at radius 3 is 1.94 bits per heavy atom. The van der Waals surface area contributed by atoms with Crippen molar-refractivity contribution in [2.24, 2.45) is 0 Å². The zero-order chi connectivity index (χ0) is 36.0. The average molecular weight is 710 g/mol. The van der Waals surface area contributed by atoms with Gasteiger partial charge in [0, 0.05) is 47.9 Å². The molecule has 0 aliphatic heterocycles. The van der Waals surface area contributed by atoms with Gasteiger partial charge in [0.05, 0.1) is 11.1 Å². The van der Waals surface area contributed by atoms with Gasteiger partial charge in [-0.05, 0) is 87.5 Å². The predicted molar refractivity (Wildman–Crippen MR) is 230 cm³/mol. The van der Waals surface area contributed by atoms with Crippen LogP contribution in [0.1, 0.15) is 25.0 Å². The van der Waals surface area contributed by atoms with Gasteiger partial charge in [-0.2, -0.15) is 0 Å². The molecular formula is C51H35NOS. The fraction of sp³-hybridized carbons (Fsp3) is 0.0588. The van der Waals surface area contributed by atoms with Crippen molar-refractivity contribution in [3.8, 4) is 33.4 Å². The number of furan rings is 1. The number of anilines is 3. The quantitative estimate of drug-likeness (QED) is 0.177. The molecule has 0 N–H and O–H groups in total. The van der Waals surface area contributed by atoms with Crippen molar-refractivity contribution in [2.45, 2.75) is 19.3 Å². The Hall–Kier alpha value is -6.42. The van der Waals surface area contributed by atoms with Crippen LogP contribution in [0.3, 0.4) is 0 Å². The van der Waals surface area contributed by atoms with E-state index in [1.54, 1.807) is 0 Å². The molecule has 8 aromatic carbocycles. The van der Waals surface area contributed by atoms with Crippen molar-refractivity contribution in [1.82, 2.24) is 0 Å². The number of fused-ring (bicyclic) bond motifs is 9. The van der Waals surface area contributed by atoms with Gasteiger partial charge in [-0.1, -0.05) is 141 Å². The molecule has 11 rings (SSSR count). The molecule has 3 heteroatoms. The molecule has 1 aliphatic rings. The van der Waals surface area contributed by atoms with E-state index in [9.17, 15) is 0 Å². The van der Waals surface area contributed by atoms with Gasteiger partial charge in [0.1, 0.15) is 11.2 Å². The third-order valence-electron chi connectivity index (χ3n) is 11.5. The monoisotopic (exact) mass is 709 g/mol. The number of hydrogen-bond acceptors (Lipinski definition) is 3. The third-order valence-corrected chi connectivity index (χ3v) is 12.6. The Kier molecular flexibility index (Phi) is 6.80. The zero-order valence-corrected chi connectivity index (χ0v) is 30.8. The molecule has 256 valence electrons. The van der Waals surface area contributed by atoms with E-state index >= 15 is 0 Å². The molecule has 0 radical (unpaired) electrons. The Morgan fingerprint density at radius 1 is 0.463 bits per heavy atom. The van der Waals surface area contributed by atoms with Gasteiger partial charge < -0.3 is 9.32 Å². The SMILES string of the molecule is CC1(C)c2ccccc2-c2ccc(N(c3ccc4sc5cccc(-c6ccccc6)c5c4c3)c3cccc4oc5c(-c6ccccc6)cccc5c34)cc21. The van der Waals surface area contributed by atoms with E-state index in [0.29, 0.717) is 0 Å². The molecule has 0 unspecified atom stereocenters. The summed E-state index contributed by atoms with van der Waals surface area (Å²) in [5.74, 6) is 0. The molecule has 0 amide bonds. The number of thiophene rings is 1. The highest BCUT2D eigenvalue weighted by Gasteiger charge is 2.36. The van der Waals surface area contributed by atoms with Crippen LogP contribution in [-0.4, -0.2) is 0 Å². The van der Waals surface area contributed by atoms with Crippen molar-refractivity contribution < 1.29 is 4.42 Å². The van der Waals surface area contributed by atoms with Crippen LogP contribution in [0.4, 0.5) is 17.1 Å². The van der Waals surface area contributed by atoms with Crippen LogP contribution in [0.25, 0.3) is 75.5 Å². The van der Waals surface area contributed by atoms with E-state index < -0.39 is 0 Å². The van der Waals surface area contributed by atoms with Crippen molar-refractivity contribution >= 4 is 70.5 Å². The molecule has 2 aromatic heterocycles. The number of rotatable bonds is 5. The lowest BCUT2D eigenvalue weighted by molar-refractivity contribution is 0.660. The molecule has 54 heavy (non-hydrogen) atoms. The first kappa shape index (κ1) is 31.1. The summed E-state index contributed by atoms with van der Waals surface area (Å²) < 4.78 is 9.38. The molecule has 1 aliphatic carbocycles. The van der Waals surface area contributed by atoms with Crippen LogP contribution in [-0.2, 0) is 5.41 Å². The maximum absolute atomic E-state index is 6.81. The smallest absolute Gasteiger partial charge is 0.143 e. The highest BCUT2D eigenvalue weighted by molar-refractivity contribution is 7.26. The van der Waals surface area contributed by atoms with E-state index in [-0.39, 0.29) is 5.41 Å². The van der Waals surface area contributed by atoms with E-state index in [1.165, 1.54) is 53.6 Å². The van der Waals surface area contributed by atoms with E-state index in [4.69, 9.17) is 4.42 Å². The summed E-state index contributed by atoms with van der Waals surface area (Å²) in [5.41, 5.74) is 15.1. The normalized spacial score (nSPS) is 13.1. The summed E-state index contributed by atoms with van der Waals surface area (Å²) in [5, 5.41) is 4.78. The molecule has 0 spiro atoms. The number of benzene rings is 8. The van der Waals surface area contributed by atoms with Gasteiger partial charge in [0.25, 0.3) is 0 Å². The van der Waals surface area contributed by atoms with Gasteiger partial charge in [-0.25, -0.2) is 0 Å². The van der Waals surface area contributed by atoms with Crippen molar-refractivity contribution in [3.63, 3.8) is 0 Å². The number of nitrogens with zero attached hydrogens (tertiary/aromatic N) is 1. The minimum atomic E-state index is -0.134. The largest absolute Gasteiger partial charge is 0.455 e. The molecule has 10 aromatic rings. The van der Waals surface area contributed by atoms with Gasteiger partial charge in [-0.15, -0.1) is 11.3 Å². The van der Waals surface area contributed by atoms with Gasteiger partial charge >= 0.3 is 0 Å². The van der Waals surface area contributed by atoms with Crippen LogP contribution < -0.4 is 4.90 Å². The summed E-state index contributed by atoms with van der Waals surface area (Å²) in [6.45, 7) is 4.71. The van der Waals surface area contributed by atoms with Crippen LogP contribution in [0.2, 0.25) is 0 Å². The van der Waals surface area contributed by atoms with Crippen LogP contribution in [0.15, 0.2) is 180 Å². The minimum Gasteiger partial charge on any atom is -0.455 e. The topological polar surface area (TPSA) is 16.4 Å². The summed E-state index contributed by atoms with van der Waals surface area (Å²) >= 11 is 1.86. The van der Waals surface area contributed by atoms with E-state index in [1.807, 2.05) is 11.3 Å². The second-order valence-electron chi connectivity index (χ2n) is 14.9. The standard InChI is InChI=1S/C51H35NOS/c1-51(2)42-22-10-9-18-38(42)39-28-26-35(31-43(39)51)52(34-27-29-46-41(30-34)48-36(19-12-25-47(48)54-46)32-14-5-3-6-15-32)44-23-13-24-45-49(44)40-21-11-20-37(50(40)53-45)33-16-7-4-8-17-33/h3-31H,1-2H3. The lowest BCUT2D eigenvalue weighted by atomic mass is 9.82. The molecule has 0 bridgehead atoms. The van der Waals surface area contributed by atoms with Gasteiger partial charge in [0.2, 0.25) is 0 Å². The predicted octanol–water partition coefficient (Wildman–Crippen LogP) is 15.1. The minimum absolute atomic E-state index is 0.134. The van der Waals surface area contributed by atoms with Crippen LogP contribution in [0.5, 0.6) is 0 Å². The first-order chi connectivity index (χ1) is 26.5. The second-order valence-corrected chi connectivity index (χ2v) is 15.9. The fourth-order valence-corrected chi connectivity index (χ4v) is 10.0. The molecule has 2 heterocycles. The van der Waals surface area contributed by atoms with E-state index in [2.05, 4.69) is 195 Å². The Labute approximate surface area is 318 Å². The number of hydrogen-bond donors (Lipinski definition) is 0. The van der Waals surface area contributed by atoms with Crippen LogP contribution >= 0.6 is 11.3 Å². The molecule has 0 atom stereocenters. The van der Waals surface area contributed by atoms with Crippen molar-refractivity contribution in [1.29, 1.82) is 0 Å². The van der Waals surface area contributed by atoms with E-state index in [0.717, 1.165) is 50.1 Å². The Balaban J connectivity index is 1.19. The molecule has 2 nitrogen and oxygen atoms in total. The summed E-state index contributed by atoms with van der Waals surface area (Å²) in [6, 6.07) is 64.0. The first-order valence-corrected chi connectivity index (χ1v) is 19.4. The zero-order valence-electron chi connectivity index (χ0n) is 30.0. The summed E-state index contributed by atoms with van der Waals surface area (Å²) in [4.78, 5) is 2.46. The summed E-state index contributed by atoms with van der Waals surface area (Å²) in [6.07, 6.45) is 0. The Morgan fingerprint density at radius 2 is 1.11 bits per heavy atom. The third kappa shape index (κ3) is 4.58. The first-order valence-electron chi connectivity index (χ1n) is 18.6. The maximum Gasteiger partial charge on any atom is 0.143 e. The highest BCUT2D eigenvalue weighted by Crippen LogP contribution is 2.52. The second kappa shape index (κ2) is 11.8. The van der Waals surface area contributed by atoms with Crippen molar-refractivity contribution in [2.75, 3.05) is 4.90 Å². The molecule has 0 fully saturated rings. The lowest BCUT2D eigenvalue weighted by Gasteiger charge is -2.28. The van der Waals surface area contributed by atoms with Gasteiger partial charge in [-0.3, -0.25) is 0 Å². The summed E-state index contributed by atoms with van der Waals surface area (Å²) in [7, 11) is 0. The Bertz CT molecular complexity index is 3080. The highest BCUT2D eigenvalue weighted by atomic mass is 32.1. The van der Waals surface area contributed by atoms with Crippen molar-refractivity contribution in [3.05, 3.63) is 187 Å². The lowest BCUT2D eigenvalue weighted by Crippen LogP contribution is -2.16. The maximum atomic E-state index is 6.81. The van der Waals surface area contributed by atoms with Gasteiger partial charge in [0.15, 0.2) is 0 Å². The number of para-hydroxylation sites is 1. The molecule has 0 saturated carbocycles. The fourth-order valence-electron chi connectivity index (χ4n) is 8.93.